The molecule has 0 N–H and O–H groups in total. The lowest BCUT2D eigenvalue weighted by molar-refractivity contribution is 0.800. The summed E-state index contributed by atoms with van der Waals surface area (Å²) >= 11 is 0. The highest BCUT2D eigenvalue weighted by Crippen LogP contribution is 2.09. The summed E-state index contributed by atoms with van der Waals surface area (Å²) in [4.78, 5) is 0. The molecule has 0 nitrogen and oxygen atoms in total. The summed E-state index contributed by atoms with van der Waals surface area (Å²) in [5.41, 5.74) is 1.57. The molecule has 0 atom stereocenters. The van der Waals surface area contributed by atoms with Gasteiger partial charge in [0.2, 0.25) is 0 Å². The summed E-state index contributed by atoms with van der Waals surface area (Å²) in [6, 6.07) is 0. The first-order valence-corrected chi connectivity index (χ1v) is 3.78. The van der Waals surface area contributed by atoms with E-state index in [0.717, 1.165) is 6.42 Å². The maximum absolute atomic E-state index is 3.80. The van der Waals surface area contributed by atoms with Crippen molar-refractivity contribution in [1.29, 1.82) is 0 Å². The lowest BCUT2D eigenvalue weighted by atomic mass is 10.1. The van der Waals surface area contributed by atoms with Crippen LogP contribution in [0.1, 0.15) is 39.5 Å². The second-order valence-corrected chi connectivity index (χ2v) is 2.26. The van der Waals surface area contributed by atoms with Crippen molar-refractivity contribution in [3.63, 3.8) is 0 Å². The molecule has 0 fully saturated rings. The molecule has 0 unspecified atom stereocenters. The van der Waals surface area contributed by atoms with Gasteiger partial charge in [0.05, 0.1) is 0 Å². The summed E-state index contributed by atoms with van der Waals surface area (Å²) in [7, 11) is 0. The molecular weight excluding hydrogens is 108 g/mol. The maximum atomic E-state index is 3.80. The van der Waals surface area contributed by atoms with Crippen molar-refractivity contribution < 1.29 is 0 Å². The normalized spacial score (nSPS) is 12.1. The van der Waals surface area contributed by atoms with E-state index in [4.69, 9.17) is 0 Å². The lowest BCUT2D eigenvalue weighted by Gasteiger charge is -1.99. The van der Waals surface area contributed by atoms with E-state index < -0.39 is 0 Å². The zero-order valence-corrected chi connectivity index (χ0v) is 6.61. The van der Waals surface area contributed by atoms with Gasteiger partial charge < -0.3 is 0 Å². The molecule has 1 radical (unpaired) electrons. The molecule has 0 aliphatic carbocycles. The fourth-order valence-corrected chi connectivity index (χ4v) is 0.877. The van der Waals surface area contributed by atoms with Gasteiger partial charge in [-0.2, -0.15) is 0 Å². The van der Waals surface area contributed by atoms with Crippen molar-refractivity contribution in [2.45, 2.75) is 39.5 Å². The van der Waals surface area contributed by atoms with Crippen LogP contribution in [0.4, 0.5) is 0 Å². The van der Waals surface area contributed by atoms with Gasteiger partial charge in [-0.05, 0) is 26.2 Å². The third-order valence-corrected chi connectivity index (χ3v) is 1.61. The predicted molar refractivity (Wildman–Crippen MR) is 43.3 cm³/mol. The van der Waals surface area contributed by atoms with E-state index in [1.807, 2.05) is 0 Å². The summed E-state index contributed by atoms with van der Waals surface area (Å²) < 4.78 is 0. The van der Waals surface area contributed by atoms with Crippen LogP contribution in [0.2, 0.25) is 0 Å². The van der Waals surface area contributed by atoms with Crippen LogP contribution in [-0.4, -0.2) is 0 Å². The van der Waals surface area contributed by atoms with E-state index in [1.165, 1.54) is 19.3 Å². The van der Waals surface area contributed by atoms with Crippen LogP contribution in [0.15, 0.2) is 11.6 Å². The van der Waals surface area contributed by atoms with Crippen LogP contribution in [0.3, 0.4) is 0 Å². The van der Waals surface area contributed by atoms with Crippen molar-refractivity contribution in [2.24, 2.45) is 0 Å². The van der Waals surface area contributed by atoms with Gasteiger partial charge in [0.25, 0.3) is 0 Å². The average molecular weight is 125 g/mol. The third-order valence-electron chi connectivity index (χ3n) is 1.61. The Bertz CT molecular complexity index is 80.0. The summed E-state index contributed by atoms with van der Waals surface area (Å²) in [6.07, 6.45) is 6.98. The Labute approximate surface area is 59.0 Å². The highest BCUT2D eigenvalue weighted by Gasteiger charge is 1.89. The molecule has 0 aliphatic rings. The predicted octanol–water partition coefficient (Wildman–Crippen LogP) is 3.35. The van der Waals surface area contributed by atoms with Crippen LogP contribution >= 0.6 is 0 Å². The number of rotatable bonds is 4. The van der Waals surface area contributed by atoms with Crippen molar-refractivity contribution in [3.05, 3.63) is 18.6 Å². The van der Waals surface area contributed by atoms with Crippen LogP contribution in [0, 0.1) is 6.92 Å². The molecule has 9 heavy (non-hydrogen) atoms. The molecule has 0 aromatic heterocycles. The topological polar surface area (TPSA) is 0 Å². The van der Waals surface area contributed by atoms with Gasteiger partial charge >= 0.3 is 0 Å². The molecule has 0 spiro atoms. The minimum atomic E-state index is 1.07. The zero-order valence-electron chi connectivity index (χ0n) is 6.61. The SMILES string of the molecule is [CH2]CCCC(=CC)CC. The van der Waals surface area contributed by atoms with Crippen molar-refractivity contribution >= 4 is 0 Å². The second kappa shape index (κ2) is 5.87. The van der Waals surface area contributed by atoms with E-state index in [1.54, 1.807) is 5.57 Å². The Morgan fingerprint density at radius 1 is 1.56 bits per heavy atom. The second-order valence-electron chi connectivity index (χ2n) is 2.26. The van der Waals surface area contributed by atoms with E-state index >= 15 is 0 Å². The largest absolute Gasteiger partial charge is 0.0885 e. The summed E-state index contributed by atoms with van der Waals surface area (Å²) in [5, 5.41) is 0. The molecule has 0 amide bonds. The molecule has 0 bridgehead atoms. The standard InChI is InChI=1S/C9H17/c1-4-7-8-9(5-2)6-3/h5H,1,4,6-8H2,2-3H3. The number of unbranched alkanes of at least 4 members (excludes halogenated alkanes) is 1. The van der Waals surface area contributed by atoms with Crippen molar-refractivity contribution in [2.75, 3.05) is 0 Å². The first-order valence-electron chi connectivity index (χ1n) is 3.78. The fourth-order valence-electron chi connectivity index (χ4n) is 0.877. The van der Waals surface area contributed by atoms with Gasteiger partial charge in [0.1, 0.15) is 0 Å². The van der Waals surface area contributed by atoms with Crippen molar-refractivity contribution in [1.82, 2.24) is 0 Å². The monoisotopic (exact) mass is 125 g/mol. The Kier molecular flexibility index (Phi) is 5.70. The molecule has 0 aliphatic heterocycles. The number of hydrogen-bond acceptors (Lipinski definition) is 0. The fraction of sp³-hybridized carbons (Fsp3) is 0.667. The Morgan fingerprint density at radius 3 is 2.56 bits per heavy atom. The third kappa shape index (κ3) is 4.26. The van der Waals surface area contributed by atoms with Gasteiger partial charge in [-0.1, -0.05) is 31.9 Å². The molecule has 0 rings (SSSR count). The number of hydrogen-bond donors (Lipinski definition) is 0. The highest BCUT2D eigenvalue weighted by molar-refractivity contribution is 4.98. The smallest absolute Gasteiger partial charge is 0.0321 e. The lowest BCUT2D eigenvalue weighted by Crippen LogP contribution is -1.79. The first-order chi connectivity index (χ1) is 4.35. The zero-order chi connectivity index (χ0) is 7.11. The van der Waals surface area contributed by atoms with Gasteiger partial charge in [-0.25, -0.2) is 0 Å². The van der Waals surface area contributed by atoms with Crippen LogP contribution in [0.25, 0.3) is 0 Å². The van der Waals surface area contributed by atoms with Crippen LogP contribution in [-0.2, 0) is 0 Å². The molecule has 0 saturated heterocycles. The van der Waals surface area contributed by atoms with E-state index in [2.05, 4.69) is 26.8 Å². The van der Waals surface area contributed by atoms with Crippen LogP contribution < -0.4 is 0 Å². The molecule has 53 valence electrons. The van der Waals surface area contributed by atoms with Crippen molar-refractivity contribution in [3.8, 4) is 0 Å². The van der Waals surface area contributed by atoms with Gasteiger partial charge in [0, 0.05) is 0 Å². The highest BCUT2D eigenvalue weighted by atomic mass is 14.0. The minimum Gasteiger partial charge on any atom is -0.0885 e. The molecule has 0 aromatic rings. The van der Waals surface area contributed by atoms with E-state index in [0.29, 0.717) is 0 Å². The molecular formula is C9H17. The van der Waals surface area contributed by atoms with E-state index in [9.17, 15) is 0 Å². The van der Waals surface area contributed by atoms with Gasteiger partial charge in [-0.3, -0.25) is 0 Å². The summed E-state index contributed by atoms with van der Waals surface area (Å²) in [5.74, 6) is 0. The quantitative estimate of drug-likeness (QED) is 0.505. The maximum Gasteiger partial charge on any atom is -0.0321 e. The van der Waals surface area contributed by atoms with Gasteiger partial charge in [-0.15, -0.1) is 0 Å². The minimum absolute atomic E-state index is 1.07. The molecule has 0 heterocycles. The number of allylic oxidation sites excluding steroid dienone is 2. The average Bonchev–Trinajstić information content (AvgIpc) is 1.91. The molecule has 0 heteroatoms. The molecule has 0 aromatic carbocycles. The Balaban J connectivity index is 3.33. The Morgan fingerprint density at radius 2 is 2.22 bits per heavy atom. The summed E-state index contributed by atoms with van der Waals surface area (Å²) in [6.45, 7) is 8.12. The van der Waals surface area contributed by atoms with E-state index in [-0.39, 0.29) is 0 Å². The van der Waals surface area contributed by atoms with Gasteiger partial charge in [0.15, 0.2) is 0 Å². The van der Waals surface area contributed by atoms with Crippen LogP contribution in [0.5, 0.6) is 0 Å². The first kappa shape index (κ1) is 8.74. The Hall–Kier alpha value is -0.260. The molecule has 0 saturated carbocycles.